The molecule has 0 aliphatic rings. The van der Waals surface area contributed by atoms with Gasteiger partial charge in [-0.1, -0.05) is 214 Å². The van der Waals surface area contributed by atoms with E-state index >= 15 is 0 Å². The van der Waals surface area contributed by atoms with Gasteiger partial charge in [0.05, 0.1) is 0 Å². The van der Waals surface area contributed by atoms with Gasteiger partial charge in [0.25, 0.3) is 0 Å². The van der Waals surface area contributed by atoms with Gasteiger partial charge in [-0.25, -0.2) is 0 Å². The molecule has 1 atom stereocenters. The Bertz CT molecular complexity index is 1370. The van der Waals surface area contributed by atoms with Gasteiger partial charge < -0.3 is 14.2 Å². The third-order valence-corrected chi connectivity index (χ3v) is 11.0. The lowest BCUT2D eigenvalue weighted by Crippen LogP contribution is -2.30. The Kier molecular flexibility index (Phi) is 50.5. The standard InChI is InChI=1S/C60H98O6/c1-4-7-10-13-15-17-19-21-22-23-24-25-26-27-28-29-30-31-32-33-34-35-36-37-38-39-41-42-44-47-50-53-59(62)65-56-57(55-64-58(61)52-49-46-12-9-6-3)66-60(63)54-51-48-45-43-40-20-18-16-14-11-8-5-2/h7,10,15-18,21-22,24-25,27-28,30-31,33-34,36-37,57H,4-6,8-9,11-14,19-20,23,26,29,32,35,38-56H2,1-3H3/b10-7-,17-15-,18-16-,22-21-,25-24-,28-27-,31-30-,34-33-,37-36-. The van der Waals surface area contributed by atoms with E-state index in [4.69, 9.17) is 14.2 Å². The molecule has 0 rings (SSSR count). The third-order valence-electron chi connectivity index (χ3n) is 11.0. The first-order valence-electron chi connectivity index (χ1n) is 26.9. The van der Waals surface area contributed by atoms with Crippen LogP contribution in [-0.4, -0.2) is 37.2 Å². The summed E-state index contributed by atoms with van der Waals surface area (Å²) in [4.78, 5) is 37.6. The molecule has 0 fully saturated rings. The Labute approximate surface area is 406 Å². The van der Waals surface area contributed by atoms with E-state index in [1.807, 2.05) is 0 Å². The number of rotatable bonds is 47. The summed E-state index contributed by atoms with van der Waals surface area (Å²) in [6.07, 6.45) is 72.6. The van der Waals surface area contributed by atoms with E-state index in [-0.39, 0.29) is 31.1 Å². The summed E-state index contributed by atoms with van der Waals surface area (Å²) in [6, 6.07) is 0. The van der Waals surface area contributed by atoms with E-state index in [0.717, 1.165) is 141 Å². The molecule has 0 saturated carbocycles. The van der Waals surface area contributed by atoms with Gasteiger partial charge >= 0.3 is 17.9 Å². The number of allylic oxidation sites excluding steroid dienone is 18. The van der Waals surface area contributed by atoms with E-state index in [9.17, 15) is 14.4 Å². The molecular weight excluding hydrogens is 817 g/mol. The SMILES string of the molecule is CC/C=C\C/C=C\C/C=C\C/C=C\C/C=C\C/C=C\C/C=C\C/C=C\CCCCCCCCC(=O)OCC(COC(=O)CCCCCCC)OC(=O)CCCCCCC/C=C\CCCCC. The predicted octanol–water partition coefficient (Wildman–Crippen LogP) is 17.9. The Morgan fingerprint density at radius 1 is 0.318 bits per heavy atom. The van der Waals surface area contributed by atoms with Crippen molar-refractivity contribution >= 4 is 17.9 Å². The fourth-order valence-electron chi connectivity index (χ4n) is 6.98. The first kappa shape index (κ1) is 62.1. The fourth-order valence-corrected chi connectivity index (χ4v) is 6.98. The summed E-state index contributed by atoms with van der Waals surface area (Å²) in [5, 5.41) is 0. The molecule has 0 aromatic carbocycles. The third kappa shape index (κ3) is 51.1. The van der Waals surface area contributed by atoms with E-state index in [2.05, 4.69) is 130 Å². The second kappa shape index (κ2) is 53.7. The van der Waals surface area contributed by atoms with Crippen LogP contribution in [0.5, 0.6) is 0 Å². The number of ether oxygens (including phenoxy) is 3. The highest BCUT2D eigenvalue weighted by atomic mass is 16.6. The highest BCUT2D eigenvalue weighted by molar-refractivity contribution is 5.71. The summed E-state index contributed by atoms with van der Waals surface area (Å²) < 4.78 is 16.6. The van der Waals surface area contributed by atoms with Crippen LogP contribution in [0.1, 0.15) is 233 Å². The van der Waals surface area contributed by atoms with Gasteiger partial charge in [-0.2, -0.15) is 0 Å². The second-order valence-corrected chi connectivity index (χ2v) is 17.4. The van der Waals surface area contributed by atoms with Gasteiger partial charge in [0.1, 0.15) is 13.2 Å². The first-order chi connectivity index (χ1) is 32.5. The molecule has 0 spiro atoms. The maximum atomic E-state index is 12.7. The van der Waals surface area contributed by atoms with Gasteiger partial charge in [0.2, 0.25) is 0 Å². The topological polar surface area (TPSA) is 78.9 Å². The lowest BCUT2D eigenvalue weighted by atomic mass is 10.1. The predicted molar refractivity (Wildman–Crippen MR) is 283 cm³/mol. The maximum Gasteiger partial charge on any atom is 0.306 e. The first-order valence-corrected chi connectivity index (χ1v) is 26.9. The zero-order valence-electron chi connectivity index (χ0n) is 42.7. The minimum absolute atomic E-state index is 0.0876. The van der Waals surface area contributed by atoms with E-state index in [0.29, 0.717) is 19.3 Å². The quantitative estimate of drug-likeness (QED) is 0.0262. The highest BCUT2D eigenvalue weighted by Gasteiger charge is 2.19. The zero-order valence-corrected chi connectivity index (χ0v) is 42.7. The van der Waals surface area contributed by atoms with Gasteiger partial charge in [0, 0.05) is 19.3 Å². The van der Waals surface area contributed by atoms with Crippen LogP contribution in [0.4, 0.5) is 0 Å². The Morgan fingerprint density at radius 3 is 0.970 bits per heavy atom. The normalized spacial score (nSPS) is 13.0. The molecular formula is C60H98O6. The Morgan fingerprint density at radius 2 is 0.591 bits per heavy atom. The number of carbonyl (C=O) groups is 3. The van der Waals surface area contributed by atoms with Crippen LogP contribution in [0.2, 0.25) is 0 Å². The number of hydrogen-bond acceptors (Lipinski definition) is 6. The number of unbranched alkanes of at least 4 members (excludes halogenated alkanes) is 18. The van der Waals surface area contributed by atoms with Crippen LogP contribution in [0.25, 0.3) is 0 Å². The summed E-state index contributed by atoms with van der Waals surface area (Å²) in [7, 11) is 0. The van der Waals surface area contributed by atoms with Crippen LogP contribution in [0.15, 0.2) is 109 Å². The minimum atomic E-state index is -0.784. The molecule has 0 aliphatic carbocycles. The molecule has 0 bridgehead atoms. The highest BCUT2D eigenvalue weighted by Crippen LogP contribution is 2.13. The molecule has 66 heavy (non-hydrogen) atoms. The molecule has 0 aromatic rings. The van der Waals surface area contributed by atoms with Crippen molar-refractivity contribution in [3.63, 3.8) is 0 Å². The van der Waals surface area contributed by atoms with Crippen molar-refractivity contribution in [1.82, 2.24) is 0 Å². The fraction of sp³-hybridized carbons (Fsp3) is 0.650. The largest absolute Gasteiger partial charge is 0.462 e. The Balaban J connectivity index is 4.11. The van der Waals surface area contributed by atoms with Crippen LogP contribution in [-0.2, 0) is 28.6 Å². The van der Waals surface area contributed by atoms with Gasteiger partial charge in [-0.3, -0.25) is 14.4 Å². The average molecular weight is 915 g/mol. The van der Waals surface area contributed by atoms with Crippen molar-refractivity contribution < 1.29 is 28.6 Å². The Hall–Kier alpha value is -3.93. The molecule has 0 aromatic heterocycles. The maximum absolute atomic E-state index is 12.7. The van der Waals surface area contributed by atoms with E-state index in [1.54, 1.807) is 0 Å². The summed E-state index contributed by atoms with van der Waals surface area (Å²) in [6.45, 7) is 6.38. The molecule has 374 valence electrons. The van der Waals surface area contributed by atoms with E-state index < -0.39 is 6.10 Å². The van der Waals surface area contributed by atoms with Crippen LogP contribution < -0.4 is 0 Å². The monoisotopic (exact) mass is 915 g/mol. The molecule has 6 nitrogen and oxygen atoms in total. The zero-order chi connectivity index (χ0) is 47.9. The molecule has 0 aliphatic heterocycles. The molecule has 0 heterocycles. The smallest absolute Gasteiger partial charge is 0.306 e. The summed E-state index contributed by atoms with van der Waals surface area (Å²) in [5.41, 5.74) is 0. The van der Waals surface area contributed by atoms with Crippen molar-refractivity contribution in [2.75, 3.05) is 13.2 Å². The van der Waals surface area contributed by atoms with Gasteiger partial charge in [-0.15, -0.1) is 0 Å². The summed E-state index contributed by atoms with van der Waals surface area (Å²) in [5.74, 6) is -0.932. The lowest BCUT2D eigenvalue weighted by Gasteiger charge is -2.18. The minimum Gasteiger partial charge on any atom is -0.462 e. The van der Waals surface area contributed by atoms with Crippen LogP contribution in [0.3, 0.4) is 0 Å². The van der Waals surface area contributed by atoms with Crippen molar-refractivity contribution in [2.45, 2.75) is 239 Å². The van der Waals surface area contributed by atoms with Crippen LogP contribution in [0, 0.1) is 0 Å². The summed E-state index contributed by atoms with van der Waals surface area (Å²) >= 11 is 0. The molecule has 1 unspecified atom stereocenters. The van der Waals surface area contributed by atoms with Crippen molar-refractivity contribution in [3.05, 3.63) is 109 Å². The van der Waals surface area contributed by atoms with Crippen molar-refractivity contribution in [3.8, 4) is 0 Å². The number of esters is 3. The number of carbonyl (C=O) groups excluding carboxylic acids is 3. The number of hydrogen-bond donors (Lipinski definition) is 0. The van der Waals surface area contributed by atoms with Crippen LogP contribution >= 0.6 is 0 Å². The molecule has 0 radical (unpaired) electrons. The molecule has 6 heteroatoms. The molecule has 0 amide bonds. The molecule has 0 N–H and O–H groups in total. The second-order valence-electron chi connectivity index (χ2n) is 17.4. The average Bonchev–Trinajstić information content (AvgIpc) is 3.31. The van der Waals surface area contributed by atoms with Crippen molar-refractivity contribution in [1.29, 1.82) is 0 Å². The lowest BCUT2D eigenvalue weighted by molar-refractivity contribution is -0.167. The van der Waals surface area contributed by atoms with Gasteiger partial charge in [0.15, 0.2) is 6.10 Å². The van der Waals surface area contributed by atoms with Crippen molar-refractivity contribution in [2.24, 2.45) is 0 Å². The molecule has 0 saturated heterocycles. The van der Waals surface area contributed by atoms with E-state index in [1.165, 1.54) is 51.4 Å². The van der Waals surface area contributed by atoms with Gasteiger partial charge in [-0.05, 0) is 109 Å².